The van der Waals surface area contributed by atoms with Crippen molar-refractivity contribution >= 4 is 17.1 Å². The van der Waals surface area contributed by atoms with Crippen LogP contribution in [0.15, 0.2) is 0 Å². The summed E-state index contributed by atoms with van der Waals surface area (Å²) in [5.41, 5.74) is 0. The van der Waals surface area contributed by atoms with Gasteiger partial charge in [0.1, 0.15) is 0 Å². The highest BCUT2D eigenvalue weighted by Gasteiger charge is 2.33. The Balaban J connectivity index is 4.06. The van der Waals surface area contributed by atoms with E-state index in [0.717, 1.165) is 19.3 Å². The molecule has 0 bridgehead atoms. The molecule has 0 aromatic carbocycles. The highest BCUT2D eigenvalue weighted by molar-refractivity contribution is 7.18. The van der Waals surface area contributed by atoms with Gasteiger partial charge in [-0.15, -0.1) is 0 Å². The second-order valence-electron chi connectivity index (χ2n) is 2.88. The standard InChI is InChI=1S/C8H22O2Si2/c1-5-9-12(8-4,10-6-2)11-7-3/h5-8,11H2,1-4H3. The van der Waals surface area contributed by atoms with Crippen molar-refractivity contribution in [1.29, 1.82) is 0 Å². The second-order valence-corrected chi connectivity index (χ2v) is 12.2. The Morgan fingerprint density at radius 1 is 1.00 bits per heavy atom. The molecule has 0 heterocycles. The van der Waals surface area contributed by atoms with E-state index in [1.54, 1.807) is 0 Å². The molecule has 0 unspecified atom stereocenters. The molecular weight excluding hydrogens is 184 g/mol. The Kier molecular flexibility index (Phi) is 7.03. The maximum Gasteiger partial charge on any atom is 0.308 e. The van der Waals surface area contributed by atoms with E-state index in [1.807, 2.05) is 0 Å². The van der Waals surface area contributed by atoms with Crippen molar-refractivity contribution in [2.45, 2.75) is 39.8 Å². The Morgan fingerprint density at radius 2 is 1.50 bits per heavy atom. The van der Waals surface area contributed by atoms with Crippen molar-refractivity contribution in [3.05, 3.63) is 0 Å². The Bertz CT molecular complexity index is 92.2. The topological polar surface area (TPSA) is 18.5 Å². The molecule has 0 aromatic rings. The van der Waals surface area contributed by atoms with E-state index in [1.165, 1.54) is 6.04 Å². The van der Waals surface area contributed by atoms with Crippen molar-refractivity contribution in [3.8, 4) is 0 Å². The molecule has 0 atom stereocenters. The SMILES string of the molecule is CCO[Si](CC)(OCC)[SiH2]CC. The lowest BCUT2D eigenvalue weighted by Gasteiger charge is -2.28. The highest BCUT2D eigenvalue weighted by Crippen LogP contribution is 2.12. The van der Waals surface area contributed by atoms with E-state index in [2.05, 4.69) is 27.7 Å². The van der Waals surface area contributed by atoms with Crippen LogP contribution in [0.4, 0.5) is 0 Å². The molecule has 0 spiro atoms. The van der Waals surface area contributed by atoms with Crippen LogP contribution >= 0.6 is 0 Å². The van der Waals surface area contributed by atoms with Gasteiger partial charge in [-0.1, -0.05) is 19.9 Å². The molecule has 0 radical (unpaired) electrons. The van der Waals surface area contributed by atoms with Crippen LogP contribution in [-0.4, -0.2) is 30.3 Å². The van der Waals surface area contributed by atoms with Gasteiger partial charge in [0.2, 0.25) is 0 Å². The average molecular weight is 206 g/mol. The number of hydrogen-bond acceptors (Lipinski definition) is 2. The van der Waals surface area contributed by atoms with Crippen LogP contribution in [0.2, 0.25) is 12.1 Å². The fourth-order valence-corrected chi connectivity index (χ4v) is 9.86. The van der Waals surface area contributed by atoms with Gasteiger partial charge in [0.25, 0.3) is 0 Å². The Morgan fingerprint density at radius 3 is 1.75 bits per heavy atom. The van der Waals surface area contributed by atoms with Crippen molar-refractivity contribution in [3.63, 3.8) is 0 Å². The third-order valence-electron chi connectivity index (χ3n) is 1.98. The smallest absolute Gasteiger partial charge is 0.308 e. The van der Waals surface area contributed by atoms with Crippen LogP contribution in [0.25, 0.3) is 0 Å². The van der Waals surface area contributed by atoms with Crippen molar-refractivity contribution < 1.29 is 8.85 Å². The molecule has 0 N–H and O–H groups in total. The summed E-state index contributed by atoms with van der Waals surface area (Å²) in [4.78, 5) is 0. The summed E-state index contributed by atoms with van der Waals surface area (Å²) >= 11 is 0. The van der Waals surface area contributed by atoms with Gasteiger partial charge in [0, 0.05) is 13.2 Å². The molecule has 4 heteroatoms. The van der Waals surface area contributed by atoms with Gasteiger partial charge >= 0.3 is 8.08 Å². The number of hydrogen-bond donors (Lipinski definition) is 0. The molecule has 0 aliphatic rings. The van der Waals surface area contributed by atoms with Crippen molar-refractivity contribution in [2.75, 3.05) is 13.2 Å². The molecular formula is C8H22O2Si2. The molecule has 0 fully saturated rings. The van der Waals surface area contributed by atoms with E-state index in [0.29, 0.717) is 0 Å². The molecule has 0 rings (SSSR count). The van der Waals surface area contributed by atoms with Crippen molar-refractivity contribution in [2.24, 2.45) is 0 Å². The van der Waals surface area contributed by atoms with E-state index in [9.17, 15) is 0 Å². The van der Waals surface area contributed by atoms with Crippen LogP contribution in [-0.2, 0) is 8.85 Å². The first-order valence-electron chi connectivity index (χ1n) is 5.02. The minimum atomic E-state index is -1.63. The maximum atomic E-state index is 5.84. The molecule has 74 valence electrons. The normalized spacial score (nSPS) is 13.0. The zero-order valence-electron chi connectivity index (χ0n) is 8.85. The third-order valence-corrected chi connectivity index (χ3v) is 12.5. The van der Waals surface area contributed by atoms with Gasteiger partial charge in [-0.3, -0.25) is 0 Å². The molecule has 0 amide bonds. The van der Waals surface area contributed by atoms with Gasteiger partial charge in [-0.25, -0.2) is 0 Å². The fourth-order valence-electron chi connectivity index (χ4n) is 1.47. The summed E-state index contributed by atoms with van der Waals surface area (Å²) in [6.45, 7) is 10.3. The van der Waals surface area contributed by atoms with E-state index >= 15 is 0 Å². The summed E-state index contributed by atoms with van der Waals surface area (Å²) in [5.74, 6) is 0. The summed E-state index contributed by atoms with van der Waals surface area (Å²) < 4.78 is 11.7. The van der Waals surface area contributed by atoms with Gasteiger partial charge < -0.3 is 8.85 Å². The second kappa shape index (κ2) is 6.83. The Hall–Kier alpha value is 0.354. The molecule has 2 nitrogen and oxygen atoms in total. The third kappa shape index (κ3) is 3.84. The maximum absolute atomic E-state index is 5.84. The molecule has 12 heavy (non-hydrogen) atoms. The van der Waals surface area contributed by atoms with Gasteiger partial charge in [0.15, 0.2) is 0 Å². The minimum absolute atomic E-state index is 0.0987. The summed E-state index contributed by atoms with van der Waals surface area (Å²) in [6.07, 6.45) is 0. The zero-order valence-corrected chi connectivity index (χ0v) is 11.3. The molecule has 0 aliphatic carbocycles. The van der Waals surface area contributed by atoms with Crippen molar-refractivity contribution in [1.82, 2.24) is 0 Å². The predicted molar refractivity (Wildman–Crippen MR) is 58.5 cm³/mol. The summed E-state index contributed by atoms with van der Waals surface area (Å²) in [6, 6.07) is 2.44. The van der Waals surface area contributed by atoms with E-state index < -0.39 is 8.08 Å². The van der Waals surface area contributed by atoms with E-state index in [4.69, 9.17) is 8.85 Å². The summed E-state index contributed by atoms with van der Waals surface area (Å²) in [7, 11) is -1.73. The van der Waals surface area contributed by atoms with Gasteiger partial charge in [-0.2, -0.15) is 0 Å². The molecule has 0 aliphatic heterocycles. The Labute approximate surface area is 79.5 Å². The quantitative estimate of drug-likeness (QED) is 0.590. The van der Waals surface area contributed by atoms with Crippen LogP contribution in [0.5, 0.6) is 0 Å². The van der Waals surface area contributed by atoms with Gasteiger partial charge in [-0.05, 0) is 19.9 Å². The lowest BCUT2D eigenvalue weighted by molar-refractivity contribution is 0.203. The zero-order chi connectivity index (χ0) is 9.45. The largest absolute Gasteiger partial charge is 0.397 e. The number of rotatable bonds is 7. The van der Waals surface area contributed by atoms with Crippen LogP contribution in [0.3, 0.4) is 0 Å². The first-order valence-corrected chi connectivity index (χ1v) is 10.4. The van der Waals surface area contributed by atoms with Crippen LogP contribution < -0.4 is 0 Å². The minimum Gasteiger partial charge on any atom is -0.397 e. The van der Waals surface area contributed by atoms with Gasteiger partial charge in [0.05, 0.1) is 9.04 Å². The van der Waals surface area contributed by atoms with Crippen LogP contribution in [0, 0.1) is 0 Å². The molecule has 0 saturated carbocycles. The first kappa shape index (κ1) is 12.4. The monoisotopic (exact) mass is 206 g/mol. The predicted octanol–water partition coefficient (Wildman–Crippen LogP) is 1.63. The molecule has 0 saturated heterocycles. The average Bonchev–Trinajstić information content (AvgIpc) is 2.06. The fraction of sp³-hybridized carbons (Fsp3) is 1.00. The van der Waals surface area contributed by atoms with E-state index in [-0.39, 0.29) is 9.04 Å². The summed E-state index contributed by atoms with van der Waals surface area (Å²) in [5, 5.41) is 0. The van der Waals surface area contributed by atoms with Crippen LogP contribution in [0.1, 0.15) is 27.7 Å². The lowest BCUT2D eigenvalue weighted by Crippen LogP contribution is -2.48. The first-order chi connectivity index (χ1) is 5.74. The molecule has 0 aromatic heterocycles. The lowest BCUT2D eigenvalue weighted by atomic mass is 10.9. The highest BCUT2D eigenvalue weighted by atomic mass is 29.2.